The van der Waals surface area contributed by atoms with E-state index in [1.54, 1.807) is 18.3 Å². The second-order valence-electron chi connectivity index (χ2n) is 8.58. The summed E-state index contributed by atoms with van der Waals surface area (Å²) in [6.07, 6.45) is 3.97. The van der Waals surface area contributed by atoms with Crippen LogP contribution in [0.2, 0.25) is 0 Å². The van der Waals surface area contributed by atoms with E-state index in [2.05, 4.69) is 15.2 Å². The lowest BCUT2D eigenvalue weighted by Crippen LogP contribution is -2.43. The molecule has 0 unspecified atom stereocenters. The van der Waals surface area contributed by atoms with Crippen molar-refractivity contribution in [3.05, 3.63) is 63.3 Å². The van der Waals surface area contributed by atoms with Crippen LogP contribution in [-0.2, 0) is 13.0 Å². The molecule has 5 rings (SSSR count). The Bertz CT molecular complexity index is 1280. The summed E-state index contributed by atoms with van der Waals surface area (Å²) in [5.41, 5.74) is 1.21. The van der Waals surface area contributed by atoms with Crippen LogP contribution in [0.5, 0.6) is 11.5 Å². The molecule has 0 aliphatic carbocycles. The van der Waals surface area contributed by atoms with E-state index in [1.165, 1.54) is 23.7 Å². The maximum absolute atomic E-state index is 13.4. The van der Waals surface area contributed by atoms with Gasteiger partial charge in [0, 0.05) is 31.8 Å². The third kappa shape index (κ3) is 3.82. The molecule has 0 radical (unpaired) electrons. The third-order valence-corrected chi connectivity index (χ3v) is 6.36. The number of amides is 1. The van der Waals surface area contributed by atoms with Crippen molar-refractivity contribution >= 4 is 16.9 Å². The van der Waals surface area contributed by atoms with E-state index in [0.29, 0.717) is 24.2 Å². The first-order chi connectivity index (χ1) is 16.0. The molecule has 1 aromatic carbocycles. The molecule has 172 valence electrons. The van der Waals surface area contributed by atoms with Crippen LogP contribution in [0.1, 0.15) is 34.3 Å². The molecule has 2 aromatic heterocycles. The molecular formula is C24H25FN4O4. The van der Waals surface area contributed by atoms with Gasteiger partial charge in [-0.2, -0.15) is 0 Å². The van der Waals surface area contributed by atoms with Crippen molar-refractivity contribution in [3.63, 3.8) is 0 Å². The minimum Gasteiger partial charge on any atom is -0.505 e. The first-order valence-electron chi connectivity index (χ1n) is 11.1. The van der Waals surface area contributed by atoms with Crippen LogP contribution in [0.4, 0.5) is 4.39 Å². The van der Waals surface area contributed by atoms with Gasteiger partial charge in [0.05, 0.1) is 6.54 Å². The second kappa shape index (κ2) is 8.47. The van der Waals surface area contributed by atoms with Gasteiger partial charge in [0.25, 0.3) is 11.5 Å². The number of carbonyl (C=O) groups excluding carboxylic acids is 1. The standard InChI is InChI=1S/C24H25FN4O4/c1-26-23(31)18-21(30)19-20-22(15(11-27-19)10-14-4-6-16(25)7-5-14)33-17(13-29(20)24(18)32)12-28-8-2-3-9-28/h4-7,11,17,30H,2-3,8-10,12-13H2,1H3,(H,26,31)/t17-/m0/s1. The number of ether oxygens (including phenoxy) is 1. The lowest BCUT2D eigenvalue weighted by molar-refractivity contribution is 0.0955. The molecule has 2 aliphatic heterocycles. The molecule has 9 heteroatoms. The van der Waals surface area contributed by atoms with Gasteiger partial charge in [0.2, 0.25) is 0 Å². The van der Waals surface area contributed by atoms with Crippen molar-refractivity contribution in [2.75, 3.05) is 26.7 Å². The highest BCUT2D eigenvalue weighted by atomic mass is 19.1. The molecule has 1 atom stereocenters. The number of halogens is 1. The smallest absolute Gasteiger partial charge is 0.268 e. The Kier molecular flexibility index (Phi) is 5.49. The Morgan fingerprint density at radius 1 is 1.27 bits per heavy atom. The van der Waals surface area contributed by atoms with Crippen molar-refractivity contribution in [1.29, 1.82) is 0 Å². The number of carbonyl (C=O) groups is 1. The second-order valence-corrected chi connectivity index (χ2v) is 8.58. The number of nitrogens with one attached hydrogen (secondary N) is 1. The van der Waals surface area contributed by atoms with E-state index in [9.17, 15) is 19.1 Å². The van der Waals surface area contributed by atoms with Crippen molar-refractivity contribution in [2.45, 2.75) is 31.9 Å². The molecule has 3 aromatic rings. The number of rotatable bonds is 5. The van der Waals surface area contributed by atoms with Crippen LogP contribution in [0.3, 0.4) is 0 Å². The lowest BCUT2D eigenvalue weighted by atomic mass is 10.0. The summed E-state index contributed by atoms with van der Waals surface area (Å²) in [5.74, 6) is -0.971. The topological polar surface area (TPSA) is 96.7 Å². The maximum Gasteiger partial charge on any atom is 0.268 e. The van der Waals surface area contributed by atoms with E-state index in [-0.39, 0.29) is 29.5 Å². The predicted octanol–water partition coefficient (Wildman–Crippen LogP) is 2.05. The summed E-state index contributed by atoms with van der Waals surface area (Å²) in [4.78, 5) is 32.4. The van der Waals surface area contributed by atoms with E-state index >= 15 is 0 Å². The van der Waals surface area contributed by atoms with E-state index in [1.807, 2.05) is 0 Å². The van der Waals surface area contributed by atoms with Crippen LogP contribution >= 0.6 is 0 Å². The first kappa shape index (κ1) is 21.4. The molecule has 1 saturated heterocycles. The average Bonchev–Trinajstić information content (AvgIpc) is 3.32. The van der Waals surface area contributed by atoms with Gasteiger partial charge in [-0.3, -0.25) is 24.0 Å². The van der Waals surface area contributed by atoms with Gasteiger partial charge >= 0.3 is 0 Å². The molecule has 33 heavy (non-hydrogen) atoms. The summed E-state index contributed by atoms with van der Waals surface area (Å²) in [5, 5.41) is 13.2. The van der Waals surface area contributed by atoms with Crippen LogP contribution in [0.25, 0.3) is 11.0 Å². The number of aromatic nitrogens is 2. The number of aromatic hydroxyl groups is 1. The molecule has 1 amide bonds. The van der Waals surface area contributed by atoms with Gasteiger partial charge in [0.15, 0.2) is 11.5 Å². The molecule has 2 N–H and O–H groups in total. The van der Waals surface area contributed by atoms with Crippen LogP contribution in [0, 0.1) is 5.82 Å². The summed E-state index contributed by atoms with van der Waals surface area (Å²) < 4.78 is 21.3. The zero-order chi connectivity index (χ0) is 23.1. The van der Waals surface area contributed by atoms with E-state index in [4.69, 9.17) is 4.74 Å². The predicted molar refractivity (Wildman–Crippen MR) is 120 cm³/mol. The number of likely N-dealkylation sites (tertiary alicyclic amines) is 1. The largest absolute Gasteiger partial charge is 0.505 e. The molecule has 2 aliphatic rings. The van der Waals surface area contributed by atoms with E-state index < -0.39 is 17.2 Å². The summed E-state index contributed by atoms with van der Waals surface area (Å²) in [6.45, 7) is 2.87. The highest BCUT2D eigenvalue weighted by molar-refractivity contribution is 6.02. The minimum atomic E-state index is -0.663. The first-order valence-corrected chi connectivity index (χ1v) is 11.1. The zero-order valence-electron chi connectivity index (χ0n) is 18.3. The lowest BCUT2D eigenvalue weighted by Gasteiger charge is -2.32. The Morgan fingerprint density at radius 3 is 2.70 bits per heavy atom. The Hall–Kier alpha value is -3.46. The van der Waals surface area contributed by atoms with Crippen molar-refractivity contribution in [2.24, 2.45) is 0 Å². The van der Waals surface area contributed by atoms with Crippen LogP contribution in [-0.4, -0.2) is 58.3 Å². The summed E-state index contributed by atoms with van der Waals surface area (Å²) >= 11 is 0. The van der Waals surface area contributed by atoms with E-state index in [0.717, 1.165) is 37.1 Å². The fourth-order valence-corrected chi connectivity index (χ4v) is 4.74. The monoisotopic (exact) mass is 452 g/mol. The average molecular weight is 452 g/mol. The highest BCUT2D eigenvalue weighted by Gasteiger charge is 2.32. The number of benzene rings is 1. The summed E-state index contributed by atoms with van der Waals surface area (Å²) in [6, 6.07) is 6.17. The van der Waals surface area contributed by atoms with Gasteiger partial charge in [-0.1, -0.05) is 12.1 Å². The van der Waals surface area contributed by atoms with Crippen molar-refractivity contribution < 1.29 is 19.0 Å². The highest BCUT2D eigenvalue weighted by Crippen LogP contribution is 2.37. The molecular weight excluding hydrogens is 427 g/mol. The Labute approximate surface area is 189 Å². The van der Waals surface area contributed by atoms with Crippen LogP contribution in [0.15, 0.2) is 35.3 Å². The van der Waals surface area contributed by atoms with Gasteiger partial charge in [-0.15, -0.1) is 0 Å². The molecule has 8 nitrogen and oxygen atoms in total. The van der Waals surface area contributed by atoms with Gasteiger partial charge in [0.1, 0.15) is 28.5 Å². The normalized spacial score (nSPS) is 17.8. The maximum atomic E-state index is 13.4. The van der Waals surface area contributed by atoms with Crippen LogP contribution < -0.4 is 15.6 Å². The fraction of sp³-hybridized carbons (Fsp3) is 0.375. The van der Waals surface area contributed by atoms with Gasteiger partial charge < -0.3 is 15.2 Å². The van der Waals surface area contributed by atoms with Crippen molar-refractivity contribution in [3.8, 4) is 11.5 Å². The quantitative estimate of drug-likeness (QED) is 0.615. The summed E-state index contributed by atoms with van der Waals surface area (Å²) in [7, 11) is 1.41. The third-order valence-electron chi connectivity index (χ3n) is 6.36. The number of nitrogens with zero attached hydrogens (tertiary/aromatic N) is 3. The molecule has 0 saturated carbocycles. The molecule has 0 spiro atoms. The van der Waals surface area contributed by atoms with Crippen molar-refractivity contribution in [1.82, 2.24) is 19.8 Å². The number of pyridine rings is 2. The Balaban J connectivity index is 1.65. The Morgan fingerprint density at radius 2 is 2.00 bits per heavy atom. The molecule has 1 fully saturated rings. The fourth-order valence-electron chi connectivity index (χ4n) is 4.74. The number of hydrogen-bond acceptors (Lipinski definition) is 6. The number of hydrogen-bond donors (Lipinski definition) is 2. The molecule has 0 bridgehead atoms. The van der Waals surface area contributed by atoms with Gasteiger partial charge in [-0.25, -0.2) is 4.39 Å². The zero-order valence-corrected chi connectivity index (χ0v) is 18.3. The molecule has 4 heterocycles. The van der Waals surface area contributed by atoms with Gasteiger partial charge in [-0.05, 0) is 43.6 Å². The minimum absolute atomic E-state index is 0.144. The SMILES string of the molecule is CNC(=O)c1c(O)c2ncc(Cc3ccc(F)cc3)c3c2n(c1=O)C[C@H](CN1CCCC1)O3.